The topological polar surface area (TPSA) is 71.5 Å². The van der Waals surface area contributed by atoms with Crippen LogP contribution in [0.25, 0.3) is 0 Å². The van der Waals surface area contributed by atoms with Crippen LogP contribution in [0.15, 0.2) is 18.2 Å². The molecule has 1 amide bonds. The molecule has 7 nitrogen and oxygen atoms in total. The van der Waals surface area contributed by atoms with E-state index < -0.39 is 0 Å². The van der Waals surface area contributed by atoms with Crippen LogP contribution in [-0.4, -0.2) is 78.5 Å². The summed E-state index contributed by atoms with van der Waals surface area (Å²) < 4.78 is 17.9. The molecule has 0 saturated carbocycles. The van der Waals surface area contributed by atoms with Crippen LogP contribution in [0.4, 0.5) is 0 Å². The molecule has 0 aromatic heterocycles. The zero-order valence-corrected chi connectivity index (χ0v) is 17.3. The first-order valence-electron chi connectivity index (χ1n) is 10.8. The number of ether oxygens (including phenoxy) is 3. The number of amides is 1. The summed E-state index contributed by atoms with van der Waals surface area (Å²) in [6.45, 7) is 7.67. The molecule has 3 heterocycles. The Morgan fingerprint density at radius 1 is 1.34 bits per heavy atom. The second-order valence-electron chi connectivity index (χ2n) is 8.40. The van der Waals surface area contributed by atoms with Crippen LogP contribution in [-0.2, 0) is 20.8 Å². The third-order valence-electron chi connectivity index (χ3n) is 6.09. The lowest BCUT2D eigenvalue weighted by Crippen LogP contribution is -2.45. The van der Waals surface area contributed by atoms with Gasteiger partial charge in [-0.05, 0) is 43.9 Å². The molecule has 3 aliphatic heterocycles. The predicted octanol–water partition coefficient (Wildman–Crippen LogP) is 2.16. The summed E-state index contributed by atoms with van der Waals surface area (Å²) in [6, 6.07) is 5.54. The molecular weight excluding hydrogens is 372 g/mol. The zero-order chi connectivity index (χ0) is 20.3. The highest BCUT2D eigenvalue weighted by atomic mass is 16.6. The number of hydrogen-bond donors (Lipinski definition) is 1. The highest BCUT2D eigenvalue weighted by Crippen LogP contribution is 2.35. The lowest BCUT2D eigenvalue weighted by Gasteiger charge is -2.32. The fourth-order valence-electron chi connectivity index (χ4n) is 4.69. The second kappa shape index (κ2) is 8.90. The SMILES string of the molecule is CCOc1cc(CN2CCOC[C@]3(CC[C@@H](CN4CCCC4=O)O3)C2)ccc1O. The highest BCUT2D eigenvalue weighted by Gasteiger charge is 2.44. The number of aromatic hydroxyl groups is 1. The number of carbonyl (C=O) groups excluding carboxylic acids is 1. The Balaban J connectivity index is 1.39. The molecule has 1 spiro atoms. The Kier molecular flexibility index (Phi) is 6.27. The molecular formula is C22H32N2O5. The monoisotopic (exact) mass is 404 g/mol. The van der Waals surface area contributed by atoms with Crippen LogP contribution >= 0.6 is 0 Å². The molecule has 1 aromatic carbocycles. The second-order valence-corrected chi connectivity index (χ2v) is 8.40. The Morgan fingerprint density at radius 2 is 2.24 bits per heavy atom. The maximum absolute atomic E-state index is 11.9. The number of phenols is 1. The summed E-state index contributed by atoms with van der Waals surface area (Å²) in [4.78, 5) is 16.3. The minimum absolute atomic E-state index is 0.0961. The molecule has 4 rings (SSSR count). The van der Waals surface area contributed by atoms with Gasteiger partial charge in [0.2, 0.25) is 5.91 Å². The molecule has 0 radical (unpaired) electrons. The zero-order valence-electron chi connectivity index (χ0n) is 17.3. The van der Waals surface area contributed by atoms with Crippen molar-refractivity contribution in [1.29, 1.82) is 0 Å². The Labute approximate surface area is 172 Å². The molecule has 160 valence electrons. The van der Waals surface area contributed by atoms with Crippen LogP contribution in [0.2, 0.25) is 0 Å². The van der Waals surface area contributed by atoms with Gasteiger partial charge in [-0.2, -0.15) is 0 Å². The van der Waals surface area contributed by atoms with Crippen LogP contribution in [0.3, 0.4) is 0 Å². The number of phenolic OH excluding ortho intramolecular Hbond substituents is 1. The minimum Gasteiger partial charge on any atom is -0.504 e. The quantitative estimate of drug-likeness (QED) is 0.784. The molecule has 7 heteroatoms. The van der Waals surface area contributed by atoms with E-state index in [2.05, 4.69) is 4.90 Å². The highest BCUT2D eigenvalue weighted by molar-refractivity contribution is 5.78. The molecule has 0 bridgehead atoms. The lowest BCUT2D eigenvalue weighted by atomic mass is 9.99. The third-order valence-corrected chi connectivity index (χ3v) is 6.09. The Bertz CT molecular complexity index is 727. The number of likely N-dealkylation sites (tertiary alicyclic amines) is 1. The van der Waals surface area contributed by atoms with Gasteiger partial charge in [0.25, 0.3) is 0 Å². The van der Waals surface area contributed by atoms with E-state index in [9.17, 15) is 9.90 Å². The van der Waals surface area contributed by atoms with E-state index in [1.165, 1.54) is 0 Å². The van der Waals surface area contributed by atoms with E-state index in [4.69, 9.17) is 14.2 Å². The van der Waals surface area contributed by atoms with E-state index >= 15 is 0 Å². The molecule has 0 unspecified atom stereocenters. The predicted molar refractivity (Wildman–Crippen MR) is 108 cm³/mol. The largest absolute Gasteiger partial charge is 0.504 e. The first kappa shape index (κ1) is 20.4. The molecule has 3 saturated heterocycles. The number of carbonyl (C=O) groups is 1. The molecule has 1 N–H and O–H groups in total. The standard InChI is InChI=1S/C22H32N2O5/c1-2-28-20-12-17(5-6-19(20)25)13-23-10-11-27-16-22(15-23)8-7-18(29-22)14-24-9-3-4-21(24)26/h5-6,12,18,25H,2-4,7-11,13-16H2,1H3/t18-,22-/m0/s1. The Hall–Kier alpha value is -1.83. The molecule has 2 atom stereocenters. The van der Waals surface area contributed by atoms with Gasteiger partial charge in [-0.25, -0.2) is 0 Å². The summed E-state index contributed by atoms with van der Waals surface area (Å²) in [6.07, 6.45) is 3.65. The van der Waals surface area contributed by atoms with Gasteiger partial charge in [-0.1, -0.05) is 6.07 Å². The van der Waals surface area contributed by atoms with Gasteiger partial charge in [0, 0.05) is 39.1 Å². The first-order chi connectivity index (χ1) is 14.1. The van der Waals surface area contributed by atoms with E-state index in [0.29, 0.717) is 38.5 Å². The van der Waals surface area contributed by atoms with E-state index in [0.717, 1.165) is 51.0 Å². The van der Waals surface area contributed by atoms with E-state index in [1.54, 1.807) is 6.07 Å². The Morgan fingerprint density at radius 3 is 3.03 bits per heavy atom. The lowest BCUT2D eigenvalue weighted by molar-refractivity contribution is -0.132. The van der Waals surface area contributed by atoms with Gasteiger partial charge in [0.1, 0.15) is 5.60 Å². The molecule has 1 aromatic rings. The number of rotatable bonds is 6. The third kappa shape index (κ3) is 4.85. The van der Waals surface area contributed by atoms with Gasteiger partial charge in [0.05, 0.1) is 25.9 Å². The van der Waals surface area contributed by atoms with Gasteiger partial charge in [-0.3, -0.25) is 9.69 Å². The normalized spacial score (nSPS) is 28.2. The fourth-order valence-corrected chi connectivity index (χ4v) is 4.69. The van der Waals surface area contributed by atoms with Gasteiger partial charge < -0.3 is 24.2 Å². The fraction of sp³-hybridized carbons (Fsp3) is 0.682. The summed E-state index contributed by atoms with van der Waals surface area (Å²) in [7, 11) is 0. The molecule has 3 fully saturated rings. The van der Waals surface area contributed by atoms with E-state index in [1.807, 2.05) is 24.0 Å². The number of hydrogen-bond acceptors (Lipinski definition) is 6. The average molecular weight is 405 g/mol. The first-order valence-corrected chi connectivity index (χ1v) is 10.8. The number of benzene rings is 1. The van der Waals surface area contributed by atoms with Gasteiger partial charge >= 0.3 is 0 Å². The summed E-state index contributed by atoms with van der Waals surface area (Å²) in [5.41, 5.74) is 0.796. The van der Waals surface area contributed by atoms with Crippen molar-refractivity contribution in [2.24, 2.45) is 0 Å². The maximum Gasteiger partial charge on any atom is 0.222 e. The number of nitrogens with zero attached hydrogens (tertiary/aromatic N) is 2. The minimum atomic E-state index is -0.302. The van der Waals surface area contributed by atoms with Crippen LogP contribution < -0.4 is 4.74 Å². The van der Waals surface area contributed by atoms with Crippen molar-refractivity contribution in [2.45, 2.75) is 50.9 Å². The average Bonchev–Trinajstić information content (AvgIpc) is 3.22. The van der Waals surface area contributed by atoms with Crippen LogP contribution in [0, 0.1) is 0 Å². The van der Waals surface area contributed by atoms with Crippen molar-refractivity contribution in [2.75, 3.05) is 46.0 Å². The smallest absolute Gasteiger partial charge is 0.222 e. The molecule has 3 aliphatic rings. The van der Waals surface area contributed by atoms with Crippen molar-refractivity contribution in [1.82, 2.24) is 9.80 Å². The summed E-state index contributed by atoms with van der Waals surface area (Å²) >= 11 is 0. The van der Waals surface area contributed by atoms with Crippen molar-refractivity contribution in [3.05, 3.63) is 23.8 Å². The van der Waals surface area contributed by atoms with Crippen molar-refractivity contribution >= 4 is 5.91 Å². The molecule has 29 heavy (non-hydrogen) atoms. The van der Waals surface area contributed by atoms with Crippen molar-refractivity contribution in [3.63, 3.8) is 0 Å². The van der Waals surface area contributed by atoms with Gasteiger partial charge in [-0.15, -0.1) is 0 Å². The van der Waals surface area contributed by atoms with Crippen molar-refractivity contribution < 1.29 is 24.1 Å². The van der Waals surface area contributed by atoms with Crippen LogP contribution in [0.5, 0.6) is 11.5 Å². The van der Waals surface area contributed by atoms with Gasteiger partial charge in [0.15, 0.2) is 11.5 Å². The summed E-state index contributed by atoms with van der Waals surface area (Å²) in [5, 5.41) is 9.94. The van der Waals surface area contributed by atoms with E-state index in [-0.39, 0.29) is 23.4 Å². The summed E-state index contributed by atoms with van der Waals surface area (Å²) in [5.74, 6) is 0.952. The van der Waals surface area contributed by atoms with Crippen molar-refractivity contribution in [3.8, 4) is 11.5 Å². The van der Waals surface area contributed by atoms with Crippen LogP contribution in [0.1, 0.15) is 38.2 Å². The molecule has 0 aliphatic carbocycles. The maximum atomic E-state index is 11.9.